The van der Waals surface area contributed by atoms with Crippen molar-refractivity contribution < 1.29 is 0 Å². The molecule has 0 unspecified atom stereocenters. The fourth-order valence-corrected chi connectivity index (χ4v) is 3.12. The van der Waals surface area contributed by atoms with E-state index in [1.54, 1.807) is 0 Å². The van der Waals surface area contributed by atoms with Crippen molar-refractivity contribution in [2.24, 2.45) is 11.5 Å². The molecule has 130 valence electrons. The summed E-state index contributed by atoms with van der Waals surface area (Å²) < 4.78 is 0. The molecule has 0 spiro atoms. The van der Waals surface area contributed by atoms with E-state index in [4.69, 9.17) is 11.5 Å². The zero-order valence-electron chi connectivity index (χ0n) is 14.7. The lowest BCUT2D eigenvalue weighted by Crippen LogP contribution is -2.35. The van der Waals surface area contributed by atoms with Crippen LogP contribution in [0.3, 0.4) is 0 Å². The molecule has 1 aliphatic rings. The monoisotopic (exact) mass is 311 g/mol. The Hall–Kier alpha value is -0.780. The van der Waals surface area contributed by atoms with Crippen molar-refractivity contribution in [3.05, 3.63) is 11.9 Å². The van der Waals surface area contributed by atoms with Crippen LogP contribution in [0.25, 0.3) is 0 Å². The van der Waals surface area contributed by atoms with Crippen LogP contribution in [0.1, 0.15) is 44.9 Å². The van der Waals surface area contributed by atoms with Crippen molar-refractivity contribution in [2.45, 2.75) is 51.0 Å². The van der Waals surface area contributed by atoms with Gasteiger partial charge in [0.25, 0.3) is 0 Å². The number of nitrogens with two attached hydrogens (primary N) is 2. The second kappa shape index (κ2) is 11.7. The standard InChI is InChI=1S/C17H37N5/c1-21(11-6-10-20-15-16(19)14-18)12-7-13-22(2)17-8-4-3-5-9-17/h15,17,20H,3-14,18-19H2,1-2H3/b16-15-. The van der Waals surface area contributed by atoms with Crippen molar-refractivity contribution in [3.8, 4) is 0 Å². The maximum atomic E-state index is 5.63. The molecule has 0 heterocycles. The summed E-state index contributed by atoms with van der Waals surface area (Å²) in [4.78, 5) is 5.00. The molecule has 5 nitrogen and oxygen atoms in total. The molecule has 1 saturated carbocycles. The van der Waals surface area contributed by atoms with Crippen LogP contribution in [-0.4, -0.2) is 62.7 Å². The number of hydrogen-bond acceptors (Lipinski definition) is 5. The first kappa shape index (κ1) is 19.3. The highest BCUT2D eigenvalue weighted by Gasteiger charge is 2.17. The lowest BCUT2D eigenvalue weighted by molar-refractivity contribution is 0.181. The van der Waals surface area contributed by atoms with E-state index in [2.05, 4.69) is 29.2 Å². The van der Waals surface area contributed by atoms with Gasteiger partial charge in [0, 0.05) is 31.0 Å². The van der Waals surface area contributed by atoms with Crippen LogP contribution in [0.4, 0.5) is 0 Å². The van der Waals surface area contributed by atoms with E-state index >= 15 is 0 Å². The Morgan fingerprint density at radius 1 is 1.09 bits per heavy atom. The third-order valence-electron chi connectivity index (χ3n) is 4.63. The molecule has 0 aromatic rings. The molecule has 0 atom stereocenters. The summed E-state index contributed by atoms with van der Waals surface area (Å²) >= 11 is 0. The molecule has 1 rings (SSSR count). The van der Waals surface area contributed by atoms with Gasteiger partial charge in [0.1, 0.15) is 0 Å². The van der Waals surface area contributed by atoms with Crippen LogP contribution in [0.15, 0.2) is 11.9 Å². The lowest BCUT2D eigenvalue weighted by Gasteiger charge is -2.31. The molecule has 0 aliphatic heterocycles. The molecule has 0 aromatic carbocycles. The Bertz CT molecular complexity index is 299. The van der Waals surface area contributed by atoms with Gasteiger partial charge >= 0.3 is 0 Å². The summed E-state index contributed by atoms with van der Waals surface area (Å²) in [6.45, 7) is 4.89. The van der Waals surface area contributed by atoms with Gasteiger partial charge in [-0.25, -0.2) is 0 Å². The lowest BCUT2D eigenvalue weighted by atomic mass is 9.94. The van der Waals surface area contributed by atoms with Crippen LogP contribution in [0.5, 0.6) is 0 Å². The Morgan fingerprint density at radius 2 is 1.77 bits per heavy atom. The predicted octanol–water partition coefficient (Wildman–Crippen LogP) is 1.31. The molecule has 0 saturated heterocycles. The summed E-state index contributed by atoms with van der Waals surface area (Å²) in [6.07, 6.45) is 11.3. The second-order valence-electron chi connectivity index (χ2n) is 6.66. The largest absolute Gasteiger partial charge is 0.400 e. The zero-order valence-corrected chi connectivity index (χ0v) is 14.7. The van der Waals surface area contributed by atoms with Crippen molar-refractivity contribution in [1.82, 2.24) is 15.1 Å². The van der Waals surface area contributed by atoms with Gasteiger partial charge in [-0.1, -0.05) is 19.3 Å². The van der Waals surface area contributed by atoms with E-state index in [-0.39, 0.29) is 0 Å². The van der Waals surface area contributed by atoms with Gasteiger partial charge in [-0.2, -0.15) is 0 Å². The molecule has 0 aromatic heterocycles. The van der Waals surface area contributed by atoms with Crippen LogP contribution in [0, 0.1) is 0 Å². The number of rotatable bonds is 11. The van der Waals surface area contributed by atoms with Crippen molar-refractivity contribution >= 4 is 0 Å². The number of nitrogens with one attached hydrogen (secondary N) is 1. The van der Waals surface area contributed by atoms with Crippen LogP contribution >= 0.6 is 0 Å². The average Bonchev–Trinajstić information content (AvgIpc) is 2.55. The summed E-state index contributed by atoms with van der Waals surface area (Å²) in [5.41, 5.74) is 11.8. The van der Waals surface area contributed by atoms with Gasteiger partial charge in [0.2, 0.25) is 0 Å². The topological polar surface area (TPSA) is 70.5 Å². The Kier molecular flexibility index (Phi) is 10.3. The van der Waals surface area contributed by atoms with Gasteiger partial charge in [0.15, 0.2) is 0 Å². The minimum absolute atomic E-state index is 0.418. The Balaban J connectivity index is 1.99. The van der Waals surface area contributed by atoms with Gasteiger partial charge in [0.05, 0.1) is 0 Å². The second-order valence-corrected chi connectivity index (χ2v) is 6.66. The van der Waals surface area contributed by atoms with Crippen molar-refractivity contribution in [1.29, 1.82) is 0 Å². The Labute approximate surface area is 137 Å². The van der Waals surface area contributed by atoms with E-state index in [1.807, 2.05) is 6.20 Å². The van der Waals surface area contributed by atoms with E-state index < -0.39 is 0 Å². The summed E-state index contributed by atoms with van der Waals surface area (Å²) in [7, 11) is 4.51. The molecular weight excluding hydrogens is 274 g/mol. The van der Waals surface area contributed by atoms with E-state index in [0.29, 0.717) is 12.2 Å². The van der Waals surface area contributed by atoms with Crippen LogP contribution in [0.2, 0.25) is 0 Å². The van der Waals surface area contributed by atoms with Crippen molar-refractivity contribution in [3.63, 3.8) is 0 Å². The molecule has 0 amide bonds. The summed E-state index contributed by atoms with van der Waals surface area (Å²) in [5, 5.41) is 3.21. The highest BCUT2D eigenvalue weighted by atomic mass is 15.1. The van der Waals surface area contributed by atoms with E-state index in [1.165, 1.54) is 51.6 Å². The van der Waals surface area contributed by atoms with E-state index in [9.17, 15) is 0 Å². The Morgan fingerprint density at radius 3 is 2.45 bits per heavy atom. The smallest absolute Gasteiger partial charge is 0.0378 e. The van der Waals surface area contributed by atoms with E-state index in [0.717, 1.165) is 25.6 Å². The highest BCUT2D eigenvalue weighted by molar-refractivity contribution is 4.95. The maximum Gasteiger partial charge on any atom is 0.0378 e. The third-order valence-corrected chi connectivity index (χ3v) is 4.63. The fourth-order valence-electron chi connectivity index (χ4n) is 3.12. The maximum absolute atomic E-state index is 5.63. The SMILES string of the molecule is CN(CCCN/C=C(\N)CN)CCCN(C)C1CCCCC1. The van der Waals surface area contributed by atoms with Gasteiger partial charge in [-0.3, -0.25) is 0 Å². The quantitative estimate of drug-likeness (QED) is 0.502. The molecule has 1 fully saturated rings. The zero-order chi connectivity index (χ0) is 16.2. The van der Waals surface area contributed by atoms with Crippen LogP contribution in [-0.2, 0) is 0 Å². The third kappa shape index (κ3) is 8.61. The highest BCUT2D eigenvalue weighted by Crippen LogP contribution is 2.21. The molecular formula is C17H37N5. The molecule has 22 heavy (non-hydrogen) atoms. The fraction of sp³-hybridized carbons (Fsp3) is 0.882. The first-order valence-corrected chi connectivity index (χ1v) is 8.90. The molecule has 1 aliphatic carbocycles. The minimum atomic E-state index is 0.418. The number of nitrogens with zero attached hydrogens (tertiary/aromatic N) is 2. The van der Waals surface area contributed by atoms with Gasteiger partial charge in [-0.15, -0.1) is 0 Å². The van der Waals surface area contributed by atoms with Gasteiger partial charge in [-0.05, 0) is 59.4 Å². The normalized spacial score (nSPS) is 17.4. The first-order valence-electron chi connectivity index (χ1n) is 8.90. The van der Waals surface area contributed by atoms with Gasteiger partial charge < -0.3 is 26.6 Å². The average molecular weight is 312 g/mol. The minimum Gasteiger partial charge on any atom is -0.400 e. The first-order chi connectivity index (χ1) is 10.6. The molecule has 0 radical (unpaired) electrons. The summed E-state index contributed by atoms with van der Waals surface area (Å²) in [6, 6.07) is 0.836. The van der Waals surface area contributed by atoms with Crippen molar-refractivity contribution in [2.75, 3.05) is 46.8 Å². The molecule has 5 heteroatoms. The number of hydrogen-bond donors (Lipinski definition) is 3. The van der Waals surface area contributed by atoms with Crippen LogP contribution < -0.4 is 16.8 Å². The summed E-state index contributed by atoms with van der Waals surface area (Å²) in [5.74, 6) is 0. The molecule has 0 bridgehead atoms. The molecule has 5 N–H and O–H groups in total. The predicted molar refractivity (Wildman–Crippen MR) is 95.6 cm³/mol.